The molecule has 0 aliphatic carbocycles. The van der Waals surface area contributed by atoms with Crippen molar-refractivity contribution >= 4 is 11.9 Å². The number of anilines is 2. The standard InChI is InChI=1S/C9H11N11/c10-7-15-8(12-1-3-19-4-2-13-18-19)17-9(16-7)20-6-11-5-14-20/h2,4-6H,1,3H2,(H3,10,12,15,16,17). The third kappa shape index (κ3) is 2.66. The SMILES string of the molecule is Nc1nc(NCCn2ccnn2)nc(-n2cncn2)n1. The Morgan fingerprint density at radius 1 is 1.25 bits per heavy atom. The molecule has 0 bridgehead atoms. The molecule has 102 valence electrons. The van der Waals surface area contributed by atoms with Gasteiger partial charge < -0.3 is 11.1 Å². The number of hydrogen-bond acceptors (Lipinski definition) is 9. The topological polar surface area (TPSA) is 138 Å². The lowest BCUT2D eigenvalue weighted by atomic mass is 10.6. The minimum absolute atomic E-state index is 0.105. The molecule has 0 saturated heterocycles. The van der Waals surface area contributed by atoms with Crippen LogP contribution in [0.5, 0.6) is 0 Å². The number of nitrogens with two attached hydrogens (primary N) is 1. The van der Waals surface area contributed by atoms with E-state index in [1.165, 1.54) is 17.3 Å². The first-order chi connectivity index (χ1) is 9.81. The van der Waals surface area contributed by atoms with Gasteiger partial charge in [-0.2, -0.15) is 24.7 Å². The van der Waals surface area contributed by atoms with Gasteiger partial charge in [-0.3, -0.25) is 4.68 Å². The van der Waals surface area contributed by atoms with Gasteiger partial charge in [-0.15, -0.1) is 5.10 Å². The van der Waals surface area contributed by atoms with Gasteiger partial charge in [-0.05, 0) is 0 Å². The molecule has 3 aromatic heterocycles. The van der Waals surface area contributed by atoms with E-state index < -0.39 is 0 Å². The summed E-state index contributed by atoms with van der Waals surface area (Å²) in [6.45, 7) is 1.20. The van der Waals surface area contributed by atoms with Crippen LogP contribution in [-0.2, 0) is 6.54 Å². The van der Waals surface area contributed by atoms with Crippen molar-refractivity contribution in [1.29, 1.82) is 0 Å². The van der Waals surface area contributed by atoms with Gasteiger partial charge in [0.2, 0.25) is 11.9 Å². The molecular formula is C9H11N11. The van der Waals surface area contributed by atoms with Crippen molar-refractivity contribution in [3.8, 4) is 5.95 Å². The van der Waals surface area contributed by atoms with E-state index in [1.807, 2.05) is 0 Å². The summed E-state index contributed by atoms with van der Waals surface area (Å²) in [4.78, 5) is 16.0. The van der Waals surface area contributed by atoms with Crippen LogP contribution in [0, 0.1) is 0 Å². The monoisotopic (exact) mass is 273 g/mol. The Hall–Kier alpha value is -3.11. The second-order valence-electron chi connectivity index (χ2n) is 3.75. The Bertz CT molecular complexity index is 659. The second-order valence-corrected chi connectivity index (χ2v) is 3.75. The van der Waals surface area contributed by atoms with Crippen molar-refractivity contribution < 1.29 is 0 Å². The summed E-state index contributed by atoms with van der Waals surface area (Å²) in [7, 11) is 0. The molecule has 0 aliphatic rings. The van der Waals surface area contributed by atoms with Crippen LogP contribution >= 0.6 is 0 Å². The normalized spacial score (nSPS) is 10.6. The van der Waals surface area contributed by atoms with Crippen LogP contribution in [0.4, 0.5) is 11.9 Å². The summed E-state index contributed by atoms with van der Waals surface area (Å²) in [6.07, 6.45) is 6.25. The Labute approximate surface area is 112 Å². The fraction of sp³-hybridized carbons (Fsp3) is 0.222. The van der Waals surface area contributed by atoms with Gasteiger partial charge in [-0.25, -0.2) is 4.98 Å². The van der Waals surface area contributed by atoms with Crippen molar-refractivity contribution in [3.05, 3.63) is 25.0 Å². The number of nitrogens with one attached hydrogen (secondary N) is 1. The van der Waals surface area contributed by atoms with E-state index in [1.54, 1.807) is 17.1 Å². The Morgan fingerprint density at radius 3 is 2.95 bits per heavy atom. The molecule has 0 aliphatic heterocycles. The third-order valence-electron chi connectivity index (χ3n) is 2.36. The van der Waals surface area contributed by atoms with Crippen molar-refractivity contribution in [1.82, 2.24) is 44.7 Å². The summed E-state index contributed by atoms with van der Waals surface area (Å²) in [5, 5.41) is 14.5. The predicted molar refractivity (Wildman–Crippen MR) is 67.7 cm³/mol. The maximum absolute atomic E-state index is 5.64. The summed E-state index contributed by atoms with van der Waals surface area (Å²) in [6, 6.07) is 0. The Morgan fingerprint density at radius 2 is 2.20 bits per heavy atom. The Balaban J connectivity index is 1.70. The van der Waals surface area contributed by atoms with E-state index in [-0.39, 0.29) is 5.95 Å². The van der Waals surface area contributed by atoms with Crippen LogP contribution in [0.25, 0.3) is 5.95 Å². The van der Waals surface area contributed by atoms with Crippen LogP contribution in [0.3, 0.4) is 0 Å². The predicted octanol–water partition coefficient (Wildman–Crippen LogP) is -1.26. The summed E-state index contributed by atoms with van der Waals surface area (Å²) in [5.41, 5.74) is 5.64. The average Bonchev–Trinajstić information content (AvgIpc) is 3.11. The average molecular weight is 273 g/mol. The molecular weight excluding hydrogens is 262 g/mol. The molecule has 3 aromatic rings. The highest BCUT2D eigenvalue weighted by atomic mass is 15.4. The molecule has 0 saturated carbocycles. The molecule has 0 aromatic carbocycles. The lowest BCUT2D eigenvalue weighted by molar-refractivity contribution is 0.607. The number of rotatable bonds is 5. The van der Waals surface area contributed by atoms with Gasteiger partial charge in [0.1, 0.15) is 12.7 Å². The first kappa shape index (κ1) is 12.0. The van der Waals surface area contributed by atoms with Crippen molar-refractivity contribution in [2.75, 3.05) is 17.6 Å². The van der Waals surface area contributed by atoms with Crippen LogP contribution in [0.2, 0.25) is 0 Å². The fourth-order valence-electron chi connectivity index (χ4n) is 1.51. The van der Waals surface area contributed by atoms with E-state index in [4.69, 9.17) is 5.73 Å². The van der Waals surface area contributed by atoms with Crippen molar-refractivity contribution in [2.24, 2.45) is 0 Å². The van der Waals surface area contributed by atoms with E-state index in [2.05, 4.69) is 40.7 Å². The summed E-state index contributed by atoms with van der Waals surface area (Å²) in [5.74, 6) is 0.773. The first-order valence-corrected chi connectivity index (χ1v) is 5.76. The largest absolute Gasteiger partial charge is 0.368 e. The first-order valence-electron chi connectivity index (χ1n) is 5.76. The fourth-order valence-corrected chi connectivity index (χ4v) is 1.51. The van der Waals surface area contributed by atoms with Gasteiger partial charge in [0.15, 0.2) is 0 Å². The van der Waals surface area contributed by atoms with Crippen molar-refractivity contribution in [2.45, 2.75) is 6.54 Å². The molecule has 3 N–H and O–H groups in total. The number of aromatic nitrogens is 9. The van der Waals surface area contributed by atoms with E-state index >= 15 is 0 Å². The van der Waals surface area contributed by atoms with Gasteiger partial charge in [0.05, 0.1) is 12.7 Å². The van der Waals surface area contributed by atoms with Gasteiger partial charge in [-0.1, -0.05) is 5.21 Å². The molecule has 11 nitrogen and oxygen atoms in total. The molecule has 0 unspecified atom stereocenters. The molecule has 0 spiro atoms. The van der Waals surface area contributed by atoms with Gasteiger partial charge in [0.25, 0.3) is 5.95 Å². The molecule has 3 heterocycles. The highest BCUT2D eigenvalue weighted by Gasteiger charge is 2.06. The maximum atomic E-state index is 5.64. The molecule has 0 atom stereocenters. The highest BCUT2D eigenvalue weighted by molar-refractivity contribution is 5.34. The minimum Gasteiger partial charge on any atom is -0.368 e. The van der Waals surface area contributed by atoms with Crippen LogP contribution in [-0.4, -0.2) is 51.3 Å². The second kappa shape index (κ2) is 5.26. The summed E-state index contributed by atoms with van der Waals surface area (Å²) >= 11 is 0. The minimum atomic E-state index is 0.105. The van der Waals surface area contributed by atoms with Crippen LogP contribution in [0.15, 0.2) is 25.0 Å². The maximum Gasteiger partial charge on any atom is 0.258 e. The zero-order chi connectivity index (χ0) is 13.8. The highest BCUT2D eigenvalue weighted by Crippen LogP contribution is 2.05. The van der Waals surface area contributed by atoms with Crippen LogP contribution < -0.4 is 11.1 Å². The Kier molecular flexibility index (Phi) is 3.14. The van der Waals surface area contributed by atoms with E-state index in [9.17, 15) is 0 Å². The molecule has 0 radical (unpaired) electrons. The smallest absolute Gasteiger partial charge is 0.258 e. The lowest BCUT2D eigenvalue weighted by Crippen LogP contribution is -2.15. The molecule has 3 rings (SSSR count). The number of hydrogen-bond donors (Lipinski definition) is 2. The van der Waals surface area contributed by atoms with Crippen LogP contribution in [0.1, 0.15) is 0 Å². The zero-order valence-corrected chi connectivity index (χ0v) is 10.3. The summed E-state index contributed by atoms with van der Waals surface area (Å²) < 4.78 is 3.09. The number of nitrogens with zero attached hydrogens (tertiary/aromatic N) is 9. The van der Waals surface area contributed by atoms with Gasteiger partial charge in [0, 0.05) is 12.7 Å². The number of nitrogen functional groups attached to an aromatic ring is 1. The molecule has 11 heteroatoms. The zero-order valence-electron chi connectivity index (χ0n) is 10.3. The molecule has 0 amide bonds. The van der Waals surface area contributed by atoms with Crippen molar-refractivity contribution in [3.63, 3.8) is 0 Å². The molecule has 20 heavy (non-hydrogen) atoms. The third-order valence-corrected chi connectivity index (χ3v) is 2.36. The van der Waals surface area contributed by atoms with E-state index in [0.29, 0.717) is 25.0 Å². The van der Waals surface area contributed by atoms with Gasteiger partial charge >= 0.3 is 0 Å². The lowest BCUT2D eigenvalue weighted by Gasteiger charge is -2.06. The molecule has 0 fully saturated rings. The van der Waals surface area contributed by atoms with E-state index in [0.717, 1.165) is 0 Å². The quantitative estimate of drug-likeness (QED) is 0.583.